The lowest BCUT2D eigenvalue weighted by Crippen LogP contribution is -2.51. The van der Waals surface area contributed by atoms with Crippen molar-refractivity contribution in [2.75, 3.05) is 7.11 Å². The third kappa shape index (κ3) is 3.29. The van der Waals surface area contributed by atoms with E-state index in [-0.39, 0.29) is 6.42 Å². The Morgan fingerprint density at radius 3 is 2.64 bits per heavy atom. The van der Waals surface area contributed by atoms with Crippen molar-refractivity contribution in [1.82, 2.24) is 10.3 Å². The Balaban J connectivity index is 2.08. The van der Waals surface area contributed by atoms with Crippen LogP contribution in [0, 0.1) is 0 Å². The number of carbonyl (C=O) groups excluding carboxylic acids is 1. The average Bonchev–Trinajstić information content (AvgIpc) is 3.44. The van der Waals surface area contributed by atoms with E-state index in [1.165, 1.54) is 6.92 Å². The van der Waals surface area contributed by atoms with Gasteiger partial charge >= 0.3 is 5.97 Å². The predicted octanol–water partition coefficient (Wildman–Crippen LogP) is 3.10. The number of aromatic nitrogens is 1. The molecule has 1 aromatic heterocycles. The fourth-order valence-electron chi connectivity index (χ4n) is 2.74. The van der Waals surface area contributed by atoms with Gasteiger partial charge in [0.15, 0.2) is 0 Å². The van der Waals surface area contributed by atoms with Crippen LogP contribution in [0.3, 0.4) is 0 Å². The number of hydrogen-bond donors (Lipinski definition) is 2. The predicted molar refractivity (Wildman–Crippen MR) is 94.1 cm³/mol. The molecule has 0 spiro atoms. The number of fused-ring (bicyclic) bond motifs is 1. The Kier molecular flexibility index (Phi) is 4.37. The van der Waals surface area contributed by atoms with Crippen LogP contribution in [0.15, 0.2) is 24.3 Å². The van der Waals surface area contributed by atoms with E-state index >= 15 is 0 Å². The molecule has 1 aliphatic rings. The van der Waals surface area contributed by atoms with Crippen LogP contribution in [0.4, 0.5) is 0 Å². The average molecular weight is 342 g/mol. The number of hydrogen-bond acceptors (Lipinski definition) is 4. The molecule has 1 aromatic carbocycles. The van der Waals surface area contributed by atoms with Crippen LogP contribution < -0.4 is 10.1 Å². The molecule has 1 amide bonds. The molecule has 1 atom stereocenters. The van der Waals surface area contributed by atoms with Gasteiger partial charge in [-0.05, 0) is 50.5 Å². The second-order valence-corrected chi connectivity index (χ2v) is 6.70. The highest BCUT2D eigenvalue weighted by Crippen LogP contribution is 2.40. The number of carbonyl (C=O) groups is 2. The second-order valence-electron chi connectivity index (χ2n) is 6.70. The fourth-order valence-corrected chi connectivity index (χ4v) is 2.74. The van der Waals surface area contributed by atoms with Crippen molar-refractivity contribution in [3.05, 3.63) is 35.5 Å². The molecule has 1 heterocycles. The molecule has 1 aliphatic carbocycles. The molecular weight excluding hydrogens is 320 g/mol. The zero-order chi connectivity index (χ0) is 18.2. The van der Waals surface area contributed by atoms with Crippen LogP contribution in [0.1, 0.15) is 55.1 Å². The maximum atomic E-state index is 12.9. The maximum absolute atomic E-state index is 12.9. The Hall–Kier alpha value is -2.63. The highest BCUT2D eigenvalue weighted by molar-refractivity contribution is 6.08. The van der Waals surface area contributed by atoms with E-state index in [1.54, 1.807) is 32.2 Å². The number of methoxy groups -OCH3 is 1. The highest BCUT2D eigenvalue weighted by atomic mass is 16.5. The van der Waals surface area contributed by atoms with E-state index in [2.05, 4.69) is 10.3 Å². The smallest absolute Gasteiger partial charge is 0.329 e. The molecule has 6 heteroatoms. The summed E-state index contributed by atoms with van der Waals surface area (Å²) in [5.41, 5.74) is 0.720. The van der Waals surface area contributed by atoms with Gasteiger partial charge in [0.2, 0.25) is 0 Å². The van der Waals surface area contributed by atoms with Gasteiger partial charge < -0.3 is 15.2 Å². The number of nitrogens with zero attached hydrogens (tertiary/aromatic N) is 1. The fraction of sp³-hybridized carbons (Fsp3) is 0.421. The number of aliphatic carboxylic acids is 1. The van der Waals surface area contributed by atoms with Gasteiger partial charge in [-0.25, -0.2) is 4.79 Å². The Bertz CT molecular complexity index is 845. The molecule has 6 nitrogen and oxygen atoms in total. The summed E-state index contributed by atoms with van der Waals surface area (Å²) in [4.78, 5) is 29.1. The van der Waals surface area contributed by atoms with E-state index in [1.807, 2.05) is 6.07 Å². The molecule has 3 rings (SSSR count). The summed E-state index contributed by atoms with van der Waals surface area (Å²) < 4.78 is 5.25. The number of nitrogens with one attached hydrogen (secondary N) is 1. The summed E-state index contributed by atoms with van der Waals surface area (Å²) in [6.07, 6.45) is 2.42. The Morgan fingerprint density at radius 2 is 2.08 bits per heavy atom. The van der Waals surface area contributed by atoms with Crippen molar-refractivity contribution < 1.29 is 19.4 Å². The van der Waals surface area contributed by atoms with E-state index in [9.17, 15) is 14.7 Å². The molecule has 2 aromatic rings. The third-order valence-corrected chi connectivity index (χ3v) is 4.84. The van der Waals surface area contributed by atoms with Crippen LogP contribution in [0.25, 0.3) is 10.9 Å². The lowest BCUT2D eigenvalue weighted by Gasteiger charge is -2.25. The zero-order valence-corrected chi connectivity index (χ0v) is 14.6. The zero-order valence-electron chi connectivity index (χ0n) is 14.6. The Morgan fingerprint density at radius 1 is 1.36 bits per heavy atom. The molecule has 0 radical (unpaired) electrons. The number of ether oxygens (including phenoxy) is 1. The first kappa shape index (κ1) is 17.2. The number of amides is 1. The molecule has 1 saturated carbocycles. The van der Waals surface area contributed by atoms with Gasteiger partial charge in [-0.2, -0.15) is 0 Å². The largest absolute Gasteiger partial charge is 0.497 e. The van der Waals surface area contributed by atoms with Crippen LogP contribution in [0.2, 0.25) is 0 Å². The van der Waals surface area contributed by atoms with E-state index in [4.69, 9.17) is 4.74 Å². The monoisotopic (exact) mass is 342 g/mol. The normalized spacial score (nSPS) is 16.3. The minimum Gasteiger partial charge on any atom is -0.497 e. The van der Waals surface area contributed by atoms with Crippen molar-refractivity contribution in [2.24, 2.45) is 0 Å². The van der Waals surface area contributed by atoms with Gasteiger partial charge in [-0.15, -0.1) is 0 Å². The molecule has 0 saturated heterocycles. The number of carboxylic acids is 1. The summed E-state index contributed by atoms with van der Waals surface area (Å²) in [5, 5.41) is 12.8. The number of pyridine rings is 1. The van der Waals surface area contributed by atoms with Crippen molar-refractivity contribution in [3.8, 4) is 5.75 Å². The van der Waals surface area contributed by atoms with Crippen LogP contribution in [-0.2, 0) is 4.79 Å². The molecule has 0 bridgehead atoms. The molecule has 1 fully saturated rings. The second kappa shape index (κ2) is 6.35. The van der Waals surface area contributed by atoms with Crippen molar-refractivity contribution >= 4 is 22.8 Å². The van der Waals surface area contributed by atoms with E-state index in [0.717, 1.165) is 18.5 Å². The van der Waals surface area contributed by atoms with Gasteiger partial charge in [-0.1, -0.05) is 6.92 Å². The van der Waals surface area contributed by atoms with E-state index in [0.29, 0.717) is 28.1 Å². The molecule has 25 heavy (non-hydrogen) atoms. The number of benzene rings is 1. The van der Waals surface area contributed by atoms with Gasteiger partial charge in [-0.3, -0.25) is 9.78 Å². The standard InChI is InChI=1S/C19H22N2O4/c1-4-19(2,18(23)24)21-17(22)14-10-16(11-5-6-11)20-15-8-7-12(25-3)9-13(14)15/h7-11H,4-6H2,1-3H3,(H,21,22)(H,23,24). The SMILES string of the molecule is CCC(C)(NC(=O)c1cc(C2CC2)nc2ccc(OC)cc12)C(=O)O. The van der Waals surface area contributed by atoms with Gasteiger partial charge in [0.25, 0.3) is 5.91 Å². The number of rotatable bonds is 6. The quantitative estimate of drug-likeness (QED) is 0.842. The molecule has 0 aliphatic heterocycles. The first-order chi connectivity index (χ1) is 11.9. The minimum absolute atomic E-state index is 0.288. The maximum Gasteiger partial charge on any atom is 0.329 e. The van der Waals surface area contributed by atoms with Crippen molar-refractivity contribution in [2.45, 2.75) is 44.6 Å². The molecular formula is C19H22N2O4. The van der Waals surface area contributed by atoms with E-state index < -0.39 is 17.4 Å². The van der Waals surface area contributed by atoms with Crippen LogP contribution in [-0.4, -0.2) is 34.6 Å². The lowest BCUT2D eigenvalue weighted by atomic mass is 9.97. The third-order valence-electron chi connectivity index (χ3n) is 4.84. The van der Waals surface area contributed by atoms with Gasteiger partial charge in [0.1, 0.15) is 11.3 Å². The first-order valence-corrected chi connectivity index (χ1v) is 8.42. The van der Waals surface area contributed by atoms with Crippen LogP contribution in [0.5, 0.6) is 5.75 Å². The summed E-state index contributed by atoms with van der Waals surface area (Å²) in [5.74, 6) is -0.454. The minimum atomic E-state index is -1.31. The Labute approximate surface area is 146 Å². The molecule has 132 valence electrons. The summed E-state index contributed by atoms with van der Waals surface area (Å²) >= 11 is 0. The first-order valence-electron chi connectivity index (χ1n) is 8.42. The van der Waals surface area contributed by atoms with Crippen molar-refractivity contribution in [1.29, 1.82) is 0 Å². The molecule has 1 unspecified atom stereocenters. The lowest BCUT2D eigenvalue weighted by molar-refractivity contribution is -0.143. The number of carboxylic acid groups (broad SMARTS) is 1. The highest BCUT2D eigenvalue weighted by Gasteiger charge is 2.34. The molecule has 2 N–H and O–H groups in total. The van der Waals surface area contributed by atoms with Crippen molar-refractivity contribution in [3.63, 3.8) is 0 Å². The van der Waals surface area contributed by atoms with Gasteiger partial charge in [0, 0.05) is 17.0 Å². The topological polar surface area (TPSA) is 88.5 Å². The summed E-state index contributed by atoms with van der Waals surface area (Å²) in [6, 6.07) is 7.18. The summed E-state index contributed by atoms with van der Waals surface area (Å²) in [7, 11) is 1.56. The van der Waals surface area contributed by atoms with Gasteiger partial charge in [0.05, 0.1) is 18.2 Å². The summed E-state index contributed by atoms with van der Waals surface area (Å²) in [6.45, 7) is 3.25. The van der Waals surface area contributed by atoms with Crippen LogP contribution >= 0.6 is 0 Å².